The van der Waals surface area contributed by atoms with E-state index in [1.807, 2.05) is 0 Å². The summed E-state index contributed by atoms with van der Waals surface area (Å²) < 4.78 is 0. The van der Waals surface area contributed by atoms with Crippen molar-refractivity contribution in [2.24, 2.45) is 11.5 Å². The van der Waals surface area contributed by atoms with E-state index in [-0.39, 0.29) is 36.2 Å². The van der Waals surface area contributed by atoms with Crippen molar-refractivity contribution in [3.63, 3.8) is 0 Å². The van der Waals surface area contributed by atoms with Crippen LogP contribution in [-0.2, 0) is 0 Å². The summed E-state index contributed by atoms with van der Waals surface area (Å²) in [5.74, 6) is 0.0248. The Balaban J connectivity index is 0.00000289. The number of nitrogen functional groups attached to an aromatic ring is 1. The number of hydrogen-bond donors (Lipinski definition) is 5. The van der Waals surface area contributed by atoms with Gasteiger partial charge in [0.15, 0.2) is 0 Å². The van der Waals surface area contributed by atoms with E-state index in [0.717, 1.165) is 0 Å². The molecule has 18 heavy (non-hydrogen) atoms. The second kappa shape index (κ2) is 6.57. The van der Waals surface area contributed by atoms with Crippen molar-refractivity contribution < 1.29 is 4.92 Å². The number of rotatable bonds is 5. The molecule has 0 fully saturated rings. The molecule has 0 amide bonds. The van der Waals surface area contributed by atoms with Gasteiger partial charge in [-0.1, -0.05) is 0 Å². The lowest BCUT2D eigenvalue weighted by Gasteiger charge is -2.13. The van der Waals surface area contributed by atoms with E-state index in [1.54, 1.807) is 0 Å². The normalized spacial score (nSPS) is 11.2. The highest BCUT2D eigenvalue weighted by Gasteiger charge is 2.13. The van der Waals surface area contributed by atoms with Crippen molar-refractivity contribution in [1.82, 2.24) is 4.98 Å². The maximum Gasteiger partial charge on any atom is 0.311 e. The molecule has 1 atom stereocenters. The Bertz CT molecular complexity index is 453. The third-order valence-electron chi connectivity index (χ3n) is 1.87. The van der Waals surface area contributed by atoms with Crippen LogP contribution in [0.5, 0.6) is 0 Å². The highest BCUT2D eigenvalue weighted by atomic mass is 35.5. The maximum atomic E-state index is 10.5. The minimum absolute atomic E-state index is 0. The Labute approximate surface area is 109 Å². The average Bonchev–Trinajstić information content (AvgIpc) is 2.15. The first-order valence-corrected chi connectivity index (χ1v) is 4.66. The molecule has 8 N–H and O–H groups in total. The number of nitro groups is 1. The van der Waals surface area contributed by atoms with E-state index in [9.17, 15) is 10.1 Å². The molecule has 1 aromatic heterocycles. The zero-order valence-electron chi connectivity index (χ0n) is 9.29. The van der Waals surface area contributed by atoms with Crippen molar-refractivity contribution in [3.05, 3.63) is 22.2 Å². The van der Waals surface area contributed by atoms with Crippen LogP contribution in [0.15, 0.2) is 12.1 Å². The molecule has 1 heterocycles. The summed E-state index contributed by atoms with van der Waals surface area (Å²) in [6, 6.07) is 2.61. The average molecular weight is 276 g/mol. The van der Waals surface area contributed by atoms with Crippen molar-refractivity contribution in [2.75, 3.05) is 11.1 Å². The standard InChI is InChI=1S/C8H13N7O2.ClH/c9-5(10)3-6(11)13-7-2-1-4(15(16)17)8(12)14-7;/h1-2,6H,3,11H2,(H3,9,10)(H3,12,13,14);1H. The number of nitrogens with two attached hydrogens (primary N) is 3. The van der Waals surface area contributed by atoms with E-state index >= 15 is 0 Å². The second-order valence-electron chi connectivity index (χ2n) is 3.34. The van der Waals surface area contributed by atoms with Crippen LogP contribution in [0.3, 0.4) is 0 Å². The molecule has 1 unspecified atom stereocenters. The van der Waals surface area contributed by atoms with Crippen molar-refractivity contribution >= 4 is 35.6 Å². The lowest BCUT2D eigenvalue weighted by molar-refractivity contribution is -0.384. The molecule has 0 aromatic carbocycles. The fraction of sp³-hybridized carbons (Fsp3) is 0.250. The fourth-order valence-corrected chi connectivity index (χ4v) is 1.18. The quantitative estimate of drug-likeness (QED) is 0.166. The molecule has 1 rings (SSSR count). The van der Waals surface area contributed by atoms with Gasteiger partial charge in [-0.15, -0.1) is 12.4 Å². The minimum atomic E-state index is -0.623. The fourth-order valence-electron chi connectivity index (χ4n) is 1.18. The van der Waals surface area contributed by atoms with Crippen LogP contribution in [0.1, 0.15) is 6.42 Å². The summed E-state index contributed by atoms with van der Waals surface area (Å²) >= 11 is 0. The van der Waals surface area contributed by atoms with Gasteiger partial charge in [0.25, 0.3) is 0 Å². The highest BCUT2D eigenvalue weighted by molar-refractivity contribution is 5.85. The topological polar surface area (TPSA) is 170 Å². The van der Waals surface area contributed by atoms with E-state index < -0.39 is 11.1 Å². The lowest BCUT2D eigenvalue weighted by atomic mass is 10.3. The molecule has 0 aliphatic heterocycles. The van der Waals surface area contributed by atoms with Gasteiger partial charge >= 0.3 is 5.69 Å². The number of nitrogens with zero attached hydrogens (tertiary/aromatic N) is 2. The number of amidine groups is 1. The molecule has 0 aliphatic rings. The van der Waals surface area contributed by atoms with Gasteiger partial charge in [-0.3, -0.25) is 15.5 Å². The first-order chi connectivity index (χ1) is 7.90. The lowest BCUT2D eigenvalue weighted by Crippen LogP contribution is -2.34. The number of nitrogens with one attached hydrogen (secondary N) is 2. The SMILES string of the molecule is Cl.N=C(N)CC(N)Nc1ccc([N+](=O)[O-])c(N)n1. The van der Waals surface area contributed by atoms with Gasteiger partial charge in [-0.05, 0) is 6.07 Å². The van der Waals surface area contributed by atoms with Crippen LogP contribution in [0.25, 0.3) is 0 Å². The monoisotopic (exact) mass is 275 g/mol. The summed E-state index contributed by atoms with van der Waals surface area (Å²) in [6.07, 6.45) is -0.459. The van der Waals surface area contributed by atoms with Crippen molar-refractivity contribution in [3.8, 4) is 0 Å². The molecule has 0 saturated carbocycles. The molecule has 10 heteroatoms. The van der Waals surface area contributed by atoms with E-state index in [2.05, 4.69) is 10.3 Å². The second-order valence-corrected chi connectivity index (χ2v) is 3.34. The maximum absolute atomic E-state index is 10.5. The molecule has 9 nitrogen and oxygen atoms in total. The number of hydrogen-bond acceptors (Lipinski definition) is 7. The van der Waals surface area contributed by atoms with Crippen molar-refractivity contribution in [2.45, 2.75) is 12.6 Å². The molecular formula is C8H14ClN7O2. The summed E-state index contributed by atoms with van der Waals surface area (Å²) in [4.78, 5) is 13.6. The van der Waals surface area contributed by atoms with E-state index in [4.69, 9.17) is 22.6 Å². The number of pyridine rings is 1. The van der Waals surface area contributed by atoms with Gasteiger partial charge in [-0.2, -0.15) is 0 Å². The Morgan fingerprint density at radius 2 is 2.22 bits per heavy atom. The molecule has 1 aromatic rings. The van der Waals surface area contributed by atoms with Gasteiger partial charge in [-0.25, -0.2) is 4.98 Å². The van der Waals surface area contributed by atoms with E-state index in [1.165, 1.54) is 12.1 Å². The third-order valence-corrected chi connectivity index (χ3v) is 1.87. The van der Waals surface area contributed by atoms with Gasteiger partial charge in [0.05, 0.1) is 16.9 Å². The predicted octanol–water partition coefficient (Wildman–Crippen LogP) is 0.0166. The number of halogens is 1. The summed E-state index contributed by atoms with van der Waals surface area (Å²) in [7, 11) is 0. The summed E-state index contributed by atoms with van der Waals surface area (Å²) in [5, 5.41) is 20.3. The van der Waals surface area contributed by atoms with Crippen LogP contribution in [0.4, 0.5) is 17.3 Å². The van der Waals surface area contributed by atoms with Crippen LogP contribution < -0.4 is 22.5 Å². The molecular weight excluding hydrogens is 262 g/mol. The van der Waals surface area contributed by atoms with Crippen LogP contribution >= 0.6 is 12.4 Å². The molecule has 0 bridgehead atoms. The molecule has 0 aliphatic carbocycles. The Morgan fingerprint density at radius 3 is 2.67 bits per heavy atom. The molecule has 0 saturated heterocycles. The zero-order valence-corrected chi connectivity index (χ0v) is 10.1. The van der Waals surface area contributed by atoms with E-state index in [0.29, 0.717) is 5.82 Å². The van der Waals surface area contributed by atoms with Gasteiger partial charge in [0.1, 0.15) is 5.82 Å². The largest absolute Gasteiger partial charge is 0.388 e. The first kappa shape index (κ1) is 15.9. The van der Waals surface area contributed by atoms with Crippen LogP contribution in [0, 0.1) is 15.5 Å². The van der Waals surface area contributed by atoms with Gasteiger partial charge in [0.2, 0.25) is 5.82 Å². The molecule has 0 radical (unpaired) electrons. The smallest absolute Gasteiger partial charge is 0.311 e. The Hall–Kier alpha value is -2.13. The van der Waals surface area contributed by atoms with Crippen LogP contribution in [-0.4, -0.2) is 21.9 Å². The number of anilines is 2. The molecule has 100 valence electrons. The Kier molecular flexibility index (Phi) is 5.79. The van der Waals surface area contributed by atoms with Crippen molar-refractivity contribution in [1.29, 1.82) is 5.41 Å². The Morgan fingerprint density at radius 1 is 1.61 bits per heavy atom. The first-order valence-electron chi connectivity index (χ1n) is 4.66. The van der Waals surface area contributed by atoms with Crippen LogP contribution in [0.2, 0.25) is 0 Å². The zero-order chi connectivity index (χ0) is 13.0. The predicted molar refractivity (Wildman–Crippen MR) is 70.7 cm³/mol. The highest BCUT2D eigenvalue weighted by Crippen LogP contribution is 2.20. The minimum Gasteiger partial charge on any atom is -0.388 e. The molecule has 0 spiro atoms. The third kappa shape index (κ3) is 4.39. The summed E-state index contributed by atoms with van der Waals surface area (Å²) in [5.41, 5.74) is 15.9. The van der Waals surface area contributed by atoms with Gasteiger partial charge < -0.3 is 22.5 Å². The summed E-state index contributed by atoms with van der Waals surface area (Å²) in [6.45, 7) is 0. The van der Waals surface area contributed by atoms with Gasteiger partial charge in [0, 0.05) is 12.5 Å². The number of aromatic nitrogens is 1.